The molecular weight excluding hydrogens is 362 g/mol. The van der Waals surface area contributed by atoms with Gasteiger partial charge < -0.3 is 4.74 Å². The van der Waals surface area contributed by atoms with Crippen molar-refractivity contribution >= 4 is 57.6 Å². The Balaban J connectivity index is 1.85. The molecule has 2 aromatic rings. The Hall–Kier alpha value is -1.82. The number of hydrogen-bond donors (Lipinski definition) is 0. The summed E-state index contributed by atoms with van der Waals surface area (Å²) in [4.78, 5) is 14.8. The number of anilines is 1. The van der Waals surface area contributed by atoms with Crippen LogP contribution in [0.15, 0.2) is 53.4 Å². The van der Waals surface area contributed by atoms with Gasteiger partial charge in [-0.2, -0.15) is 0 Å². The SMILES string of the molecule is CCOc1ccc(/C=C2\SC(=S)N(c3cccc(Cl)c3)C2=O)cc1. The van der Waals surface area contributed by atoms with Crippen molar-refractivity contribution in [1.82, 2.24) is 0 Å². The number of halogens is 1. The highest BCUT2D eigenvalue weighted by Crippen LogP contribution is 2.36. The fourth-order valence-electron chi connectivity index (χ4n) is 2.28. The Labute approximate surface area is 155 Å². The van der Waals surface area contributed by atoms with Crippen molar-refractivity contribution in [2.45, 2.75) is 6.92 Å². The van der Waals surface area contributed by atoms with Crippen molar-refractivity contribution < 1.29 is 9.53 Å². The van der Waals surface area contributed by atoms with Gasteiger partial charge in [-0.25, -0.2) is 0 Å². The van der Waals surface area contributed by atoms with Crippen LogP contribution in [0, 0.1) is 0 Å². The molecule has 0 aromatic heterocycles. The maximum Gasteiger partial charge on any atom is 0.270 e. The van der Waals surface area contributed by atoms with Crippen LogP contribution in [0.1, 0.15) is 12.5 Å². The maximum atomic E-state index is 12.7. The van der Waals surface area contributed by atoms with Crippen molar-refractivity contribution in [2.24, 2.45) is 0 Å². The molecule has 1 heterocycles. The molecule has 0 saturated carbocycles. The Morgan fingerprint density at radius 3 is 2.67 bits per heavy atom. The van der Waals surface area contributed by atoms with E-state index in [-0.39, 0.29) is 5.91 Å². The first kappa shape index (κ1) is 17.0. The number of amides is 1. The third-order valence-electron chi connectivity index (χ3n) is 3.35. The van der Waals surface area contributed by atoms with Gasteiger partial charge in [0.05, 0.1) is 17.2 Å². The van der Waals surface area contributed by atoms with Gasteiger partial charge in [0.25, 0.3) is 5.91 Å². The van der Waals surface area contributed by atoms with Gasteiger partial charge in [-0.3, -0.25) is 9.69 Å². The minimum atomic E-state index is -0.138. The highest BCUT2D eigenvalue weighted by atomic mass is 35.5. The van der Waals surface area contributed by atoms with Gasteiger partial charge in [-0.05, 0) is 48.9 Å². The number of carbonyl (C=O) groups excluding carboxylic acids is 1. The standard InChI is InChI=1S/C18H14ClNO2S2/c1-2-22-15-8-6-12(7-9-15)10-16-17(21)20(18(23)24-16)14-5-3-4-13(19)11-14/h3-11H,2H2,1H3/b16-10-. The number of thioether (sulfide) groups is 1. The van der Waals surface area contributed by atoms with Crippen molar-refractivity contribution in [2.75, 3.05) is 11.5 Å². The first-order chi connectivity index (χ1) is 11.6. The number of carbonyl (C=O) groups is 1. The average molecular weight is 376 g/mol. The van der Waals surface area contributed by atoms with Crippen LogP contribution in [-0.4, -0.2) is 16.8 Å². The second kappa shape index (κ2) is 7.38. The Kier molecular flexibility index (Phi) is 5.23. The van der Waals surface area contributed by atoms with E-state index in [2.05, 4.69) is 0 Å². The largest absolute Gasteiger partial charge is 0.494 e. The molecule has 24 heavy (non-hydrogen) atoms. The summed E-state index contributed by atoms with van der Waals surface area (Å²) >= 11 is 12.7. The average Bonchev–Trinajstić information content (AvgIpc) is 2.83. The zero-order valence-electron chi connectivity index (χ0n) is 12.9. The normalized spacial score (nSPS) is 16.1. The monoisotopic (exact) mass is 375 g/mol. The molecule has 0 aliphatic carbocycles. The summed E-state index contributed by atoms with van der Waals surface area (Å²) in [5.74, 6) is 0.669. The Morgan fingerprint density at radius 2 is 2.00 bits per heavy atom. The van der Waals surface area contributed by atoms with E-state index in [0.717, 1.165) is 11.3 Å². The van der Waals surface area contributed by atoms with E-state index < -0.39 is 0 Å². The first-order valence-electron chi connectivity index (χ1n) is 7.35. The van der Waals surface area contributed by atoms with Crippen molar-refractivity contribution in [1.29, 1.82) is 0 Å². The lowest BCUT2D eigenvalue weighted by Gasteiger charge is -2.14. The minimum Gasteiger partial charge on any atom is -0.494 e. The van der Waals surface area contributed by atoms with E-state index in [1.807, 2.05) is 43.3 Å². The van der Waals surface area contributed by atoms with Crippen LogP contribution in [0.25, 0.3) is 6.08 Å². The number of thiocarbonyl (C=S) groups is 1. The van der Waals surface area contributed by atoms with Gasteiger partial charge in [0, 0.05) is 5.02 Å². The van der Waals surface area contributed by atoms with Crippen LogP contribution in [0.3, 0.4) is 0 Å². The van der Waals surface area contributed by atoms with Crippen LogP contribution in [0.5, 0.6) is 5.75 Å². The molecular formula is C18H14ClNO2S2. The summed E-state index contributed by atoms with van der Waals surface area (Å²) in [7, 11) is 0. The molecule has 6 heteroatoms. The van der Waals surface area contributed by atoms with Crippen LogP contribution >= 0.6 is 35.6 Å². The molecule has 1 aliphatic rings. The lowest BCUT2D eigenvalue weighted by atomic mass is 10.2. The Bertz CT molecular complexity index is 818. The molecule has 1 fully saturated rings. The molecule has 3 rings (SSSR count). The van der Waals surface area contributed by atoms with Crippen LogP contribution in [0.2, 0.25) is 5.02 Å². The molecule has 0 atom stereocenters. The number of nitrogens with zero attached hydrogens (tertiary/aromatic N) is 1. The number of hydrogen-bond acceptors (Lipinski definition) is 4. The molecule has 0 unspecified atom stereocenters. The fourth-order valence-corrected chi connectivity index (χ4v) is 3.77. The molecule has 0 bridgehead atoms. The van der Waals surface area contributed by atoms with Gasteiger partial charge in [0.15, 0.2) is 4.32 Å². The predicted molar refractivity (Wildman–Crippen MR) is 105 cm³/mol. The summed E-state index contributed by atoms with van der Waals surface area (Å²) in [6, 6.07) is 14.7. The van der Waals surface area contributed by atoms with E-state index in [4.69, 9.17) is 28.6 Å². The zero-order valence-corrected chi connectivity index (χ0v) is 15.3. The molecule has 122 valence electrons. The Morgan fingerprint density at radius 1 is 1.25 bits per heavy atom. The van der Waals surface area contributed by atoms with E-state index in [0.29, 0.717) is 26.5 Å². The molecule has 0 N–H and O–H groups in total. The zero-order chi connectivity index (χ0) is 17.1. The van der Waals surface area contributed by atoms with Crippen LogP contribution in [-0.2, 0) is 4.79 Å². The maximum absolute atomic E-state index is 12.7. The van der Waals surface area contributed by atoms with Gasteiger partial charge in [0.1, 0.15) is 5.75 Å². The second-order valence-corrected chi connectivity index (χ2v) is 7.11. The topological polar surface area (TPSA) is 29.5 Å². The third-order valence-corrected chi connectivity index (χ3v) is 4.89. The van der Waals surface area contributed by atoms with Gasteiger partial charge in [-0.15, -0.1) is 0 Å². The minimum absolute atomic E-state index is 0.138. The molecule has 0 spiro atoms. The summed E-state index contributed by atoms with van der Waals surface area (Å²) in [6.45, 7) is 2.56. The second-order valence-electron chi connectivity index (χ2n) is 5.00. The molecule has 2 aromatic carbocycles. The molecule has 1 saturated heterocycles. The van der Waals surface area contributed by atoms with E-state index in [9.17, 15) is 4.79 Å². The van der Waals surface area contributed by atoms with Gasteiger partial charge >= 0.3 is 0 Å². The van der Waals surface area contributed by atoms with Crippen LogP contribution in [0.4, 0.5) is 5.69 Å². The van der Waals surface area contributed by atoms with E-state index in [1.165, 1.54) is 16.7 Å². The quantitative estimate of drug-likeness (QED) is 0.546. The van der Waals surface area contributed by atoms with Crippen molar-refractivity contribution in [3.05, 3.63) is 64.0 Å². The summed E-state index contributed by atoms with van der Waals surface area (Å²) in [5, 5.41) is 0.567. The fraction of sp³-hybridized carbons (Fsp3) is 0.111. The number of rotatable bonds is 4. The molecule has 1 amide bonds. The summed E-state index contributed by atoms with van der Waals surface area (Å²) in [6.07, 6.45) is 1.83. The van der Waals surface area contributed by atoms with Crippen LogP contribution < -0.4 is 9.64 Å². The van der Waals surface area contributed by atoms with E-state index >= 15 is 0 Å². The molecule has 0 radical (unpaired) electrons. The predicted octanol–water partition coefficient (Wildman–Crippen LogP) is 5.14. The van der Waals surface area contributed by atoms with Crippen molar-refractivity contribution in [3.8, 4) is 5.75 Å². The molecule has 1 aliphatic heterocycles. The number of benzene rings is 2. The number of ether oxygens (including phenoxy) is 1. The first-order valence-corrected chi connectivity index (χ1v) is 8.95. The summed E-state index contributed by atoms with van der Waals surface area (Å²) < 4.78 is 5.92. The highest BCUT2D eigenvalue weighted by molar-refractivity contribution is 8.27. The molecule has 3 nitrogen and oxygen atoms in total. The smallest absolute Gasteiger partial charge is 0.270 e. The lowest BCUT2D eigenvalue weighted by Crippen LogP contribution is -2.27. The van der Waals surface area contributed by atoms with Gasteiger partial charge in [0.2, 0.25) is 0 Å². The lowest BCUT2D eigenvalue weighted by molar-refractivity contribution is -0.113. The van der Waals surface area contributed by atoms with E-state index in [1.54, 1.807) is 18.2 Å². The highest BCUT2D eigenvalue weighted by Gasteiger charge is 2.33. The summed E-state index contributed by atoms with van der Waals surface area (Å²) in [5.41, 5.74) is 1.60. The third kappa shape index (κ3) is 3.64. The van der Waals surface area contributed by atoms with Crippen molar-refractivity contribution in [3.63, 3.8) is 0 Å². The van der Waals surface area contributed by atoms with Gasteiger partial charge in [-0.1, -0.05) is 53.8 Å².